The Morgan fingerprint density at radius 1 is 0.571 bits per heavy atom. The highest BCUT2D eigenvalue weighted by Crippen LogP contribution is 2.35. The number of sulfonamides is 2. The van der Waals surface area contributed by atoms with E-state index in [1.54, 1.807) is 0 Å². The Bertz CT molecular complexity index is 3190. The Balaban J connectivity index is 0.000000219. The molecule has 6 aliphatic rings. The zero-order chi connectivity index (χ0) is 64.9. The Kier molecular flexibility index (Phi) is 27.0. The summed E-state index contributed by atoms with van der Waals surface area (Å²) in [7, 11) is -8.60. The number of hydrogen-bond acceptors (Lipinski definition) is 20. The van der Waals surface area contributed by atoms with E-state index in [2.05, 4.69) is 32.3 Å². The Morgan fingerprint density at radius 2 is 1.00 bits per heavy atom. The molecule has 29 heteroatoms. The number of carbonyl (C=O) groups is 4. The van der Waals surface area contributed by atoms with Gasteiger partial charge in [0.1, 0.15) is 23.7 Å². The predicted octanol–water partition coefficient (Wildman–Crippen LogP) is 5.24. The van der Waals surface area contributed by atoms with Crippen LogP contribution in [-0.2, 0) is 80.6 Å². The molecule has 2 saturated carbocycles. The van der Waals surface area contributed by atoms with Crippen LogP contribution in [-0.4, -0.2) is 178 Å². The number of phenols is 1. The summed E-state index contributed by atoms with van der Waals surface area (Å²) in [5, 5.41) is 38.7. The predicted molar refractivity (Wildman–Crippen MR) is 330 cm³/mol. The highest BCUT2D eigenvalue weighted by Gasteiger charge is 2.46. The van der Waals surface area contributed by atoms with E-state index in [-0.39, 0.29) is 88.9 Å². The van der Waals surface area contributed by atoms with Crippen molar-refractivity contribution in [2.75, 3.05) is 51.5 Å². The largest absolute Gasteiger partial charge is 0.508 e. The molecule has 9 N–H and O–H groups in total. The first-order valence-electron chi connectivity index (χ1n) is 30.6. The number of alkyl carbamates (subject to hydrolysis) is 2. The smallest absolute Gasteiger partial charge is 0.407 e. The van der Waals surface area contributed by atoms with E-state index in [9.17, 15) is 51.3 Å². The summed E-state index contributed by atoms with van der Waals surface area (Å²) < 4.78 is 95.7. The maximum Gasteiger partial charge on any atom is 0.407 e. The van der Waals surface area contributed by atoms with Crippen molar-refractivity contribution in [1.82, 2.24) is 19.6 Å². The second kappa shape index (κ2) is 34.7. The molecule has 2 unspecified atom stereocenters. The minimum absolute atomic E-state index is 0.0509. The fourth-order valence-electron chi connectivity index (χ4n) is 11.4. The van der Waals surface area contributed by atoms with Crippen molar-refractivity contribution in [1.29, 1.82) is 0 Å². The number of alkyl halides is 1. The number of aliphatic hydroxyl groups is 2. The van der Waals surface area contributed by atoms with E-state index in [1.807, 2.05) is 60.7 Å². The normalized spacial score (nSPS) is 23.0. The lowest BCUT2D eigenvalue weighted by atomic mass is 9.98. The average molecular weight is 1380 g/mol. The van der Waals surface area contributed by atoms with E-state index in [4.69, 9.17) is 48.6 Å². The molecule has 4 saturated heterocycles. The van der Waals surface area contributed by atoms with Crippen molar-refractivity contribution < 1.29 is 94.2 Å². The molecule has 500 valence electrons. The van der Waals surface area contributed by atoms with Gasteiger partial charge in [-0.05, 0) is 92.8 Å². The molecule has 10 rings (SSSR count). The topological polar surface area (TPSA) is 363 Å². The number of ether oxygens (including phenoxy) is 7. The average Bonchev–Trinajstić information content (AvgIpc) is 1.68. The van der Waals surface area contributed by atoms with Crippen molar-refractivity contribution in [2.24, 2.45) is 23.3 Å². The minimum atomic E-state index is -4.34. The van der Waals surface area contributed by atoms with Gasteiger partial charge in [0.2, 0.25) is 5.91 Å². The summed E-state index contributed by atoms with van der Waals surface area (Å²) >= 11 is 2.84. The lowest BCUT2D eigenvalue weighted by Gasteiger charge is -2.32. The number of nitrogens with zero attached hydrogens (tertiary/aromatic N) is 2. The number of carbonyl (C=O) groups excluding carboxylic acids is 4. The summed E-state index contributed by atoms with van der Waals surface area (Å²) in [6.07, 6.45) is 3.52. The number of phenolic OH excluding ortho intramolecular Hbond substituents is 1. The molecule has 10 atom stereocenters. The maximum absolute atomic E-state index is 14.0. The number of rotatable bonds is 26. The summed E-state index contributed by atoms with van der Waals surface area (Å²) in [5.41, 5.74) is 11.4. The van der Waals surface area contributed by atoms with E-state index in [0.29, 0.717) is 45.3 Å². The molecule has 4 heterocycles. The number of amides is 4. The van der Waals surface area contributed by atoms with Gasteiger partial charge in [0.25, 0.3) is 26.0 Å². The number of aliphatic hydroxyl groups excluding tert-OH is 2. The van der Waals surface area contributed by atoms with Crippen molar-refractivity contribution in [2.45, 2.75) is 161 Å². The zero-order valence-corrected chi connectivity index (χ0v) is 53.6. The van der Waals surface area contributed by atoms with Gasteiger partial charge in [-0.15, -0.1) is 0 Å². The first-order chi connectivity index (χ1) is 43.7. The zero-order valence-electron chi connectivity index (χ0n) is 50.4. The van der Waals surface area contributed by atoms with Crippen LogP contribution >= 0.6 is 15.9 Å². The first-order valence-corrected chi connectivity index (χ1v) is 34.6. The molecule has 4 aromatic rings. The summed E-state index contributed by atoms with van der Waals surface area (Å²) in [6.45, 7) is 0.145. The van der Waals surface area contributed by atoms with Crippen LogP contribution in [0.5, 0.6) is 11.5 Å². The molecule has 0 aromatic heterocycles. The molecule has 4 amide bonds. The number of aromatic hydroxyl groups is 1. The van der Waals surface area contributed by atoms with E-state index < -0.39 is 101 Å². The van der Waals surface area contributed by atoms with Crippen LogP contribution in [0.1, 0.15) is 88.2 Å². The van der Waals surface area contributed by atoms with Crippen molar-refractivity contribution in [3.8, 4) is 11.5 Å². The highest BCUT2D eigenvalue weighted by molar-refractivity contribution is 9.09. The molecule has 2 aliphatic carbocycles. The van der Waals surface area contributed by atoms with Crippen LogP contribution in [0.3, 0.4) is 0 Å². The number of fused-ring (bicyclic) bond motifs is 2. The molecular formula is C62H83BrN6O20S2. The van der Waals surface area contributed by atoms with Crippen LogP contribution in [0.2, 0.25) is 0 Å². The number of nitrogens with two attached hydrogens (primary N) is 2. The second-order valence-corrected chi connectivity index (χ2v) is 27.2. The fourth-order valence-corrected chi connectivity index (χ4v) is 14.1. The number of hydroxylamine groups is 2. The highest BCUT2D eigenvalue weighted by atomic mass is 79.9. The summed E-state index contributed by atoms with van der Waals surface area (Å²) in [6, 6.07) is 27.6. The summed E-state index contributed by atoms with van der Waals surface area (Å²) in [4.78, 5) is 58.6. The lowest BCUT2D eigenvalue weighted by molar-refractivity contribution is -0.156. The van der Waals surface area contributed by atoms with Gasteiger partial charge in [-0.1, -0.05) is 136 Å². The molecule has 4 aliphatic heterocycles. The monoisotopic (exact) mass is 1370 g/mol. The van der Waals surface area contributed by atoms with Crippen molar-refractivity contribution in [3.05, 3.63) is 120 Å². The third-order valence-corrected chi connectivity index (χ3v) is 20.0. The van der Waals surface area contributed by atoms with Crippen LogP contribution in [0.4, 0.5) is 9.59 Å². The van der Waals surface area contributed by atoms with E-state index in [0.717, 1.165) is 71.1 Å². The third kappa shape index (κ3) is 21.2. The summed E-state index contributed by atoms with van der Waals surface area (Å²) in [5.74, 6) is -1.23. The number of halogens is 1. The fraction of sp³-hybridized carbons (Fsp3) is 0.548. The number of hydrogen-bond donors (Lipinski definition) is 7. The standard InChI is InChI=1S/C31H41N3O10S.C29H38N2O9S.C2H4BrNO/c32-29(36)20-41-23-12-7-13-24(17-23)45(38,39)34(44-22-10-5-2-6-11-22)18-27(35)26(16-21-8-3-1-4-9-21)33-31(37)43-28-19-42-30-25(28)14-15-40-30;32-21-10-7-13-23(17-21)41(35,36)31(40-22-11-5-2-6-12-22)18-26(33)25(16-20-8-3-1-4-9-20)30-29(34)39-27-19-38-28-24(27)14-15-37-28;3-1-2(4)5/h1,3-4,7-9,12-13,17,22,25-28,30,35H,2,5-6,10-11,14-16,18-20H2,(H2,32,36)(H,33,37);1,3-4,7-10,13,17,22,24-28,32-33H,2,5-6,11-12,14-16,18-19H2,(H,30,34);1H2,(H2,4,5)/t25-,26-,27+,28?,30+;24-,25-,26+,27?,28+;/m00./s1. The molecule has 26 nitrogen and oxygen atoms in total. The van der Waals surface area contributed by atoms with Crippen molar-refractivity contribution in [3.63, 3.8) is 0 Å². The van der Waals surface area contributed by atoms with Gasteiger partial charge < -0.3 is 70.6 Å². The molecule has 0 spiro atoms. The first kappa shape index (κ1) is 70.8. The van der Waals surface area contributed by atoms with E-state index in [1.165, 1.54) is 42.5 Å². The SMILES string of the molecule is NC(=O)CBr.NC(=O)COc1cccc(S(=O)(=O)N(C[C@@H](O)[C@H](Cc2ccccc2)NC(=O)OC2CO[C@H]3OCC[C@@H]23)OC2CCCCC2)c1.O=C(N[C@@H](Cc1ccccc1)[C@H](O)CN(OC1CCCCC1)S(=O)(=O)c1cccc(O)c1)OC1CO[C@H]2OCC[C@@H]12. The van der Waals surface area contributed by atoms with Gasteiger partial charge in [0, 0.05) is 6.07 Å². The van der Waals surface area contributed by atoms with Gasteiger partial charge in [0.05, 0.1) is 103 Å². The molecular weight excluding hydrogens is 1290 g/mol. The molecule has 4 aromatic carbocycles. The van der Waals surface area contributed by atoms with Gasteiger partial charge >= 0.3 is 12.2 Å². The molecule has 6 fully saturated rings. The molecule has 0 radical (unpaired) electrons. The number of primary amides is 2. The molecule has 91 heavy (non-hydrogen) atoms. The van der Waals surface area contributed by atoms with E-state index >= 15 is 0 Å². The minimum Gasteiger partial charge on any atom is -0.508 e. The Labute approximate surface area is 538 Å². The molecule has 0 bridgehead atoms. The van der Waals surface area contributed by atoms with Gasteiger partial charge in [0.15, 0.2) is 19.2 Å². The lowest BCUT2D eigenvalue weighted by Crippen LogP contribution is -2.51. The maximum atomic E-state index is 14.0. The van der Waals surface area contributed by atoms with Gasteiger partial charge in [-0.2, -0.15) is 0 Å². The van der Waals surface area contributed by atoms with Gasteiger partial charge in [-0.3, -0.25) is 19.3 Å². The van der Waals surface area contributed by atoms with Crippen LogP contribution < -0.4 is 26.8 Å². The number of benzene rings is 4. The second-order valence-electron chi connectivity index (χ2n) is 23.0. The number of nitrogens with one attached hydrogen (secondary N) is 2. The Morgan fingerprint density at radius 3 is 1.42 bits per heavy atom. The van der Waals surface area contributed by atoms with Crippen LogP contribution in [0.15, 0.2) is 119 Å². The quantitative estimate of drug-likeness (QED) is 0.0312. The van der Waals surface area contributed by atoms with Crippen molar-refractivity contribution >= 4 is 60.0 Å². The van der Waals surface area contributed by atoms with Crippen LogP contribution in [0.25, 0.3) is 0 Å². The van der Waals surface area contributed by atoms with Crippen LogP contribution in [0, 0.1) is 11.8 Å². The van der Waals surface area contributed by atoms with Gasteiger partial charge in [-0.25, -0.2) is 26.4 Å². The Hall–Kier alpha value is -6.06. The third-order valence-electron chi connectivity index (χ3n) is 16.2.